The van der Waals surface area contributed by atoms with Gasteiger partial charge in [-0.3, -0.25) is 0 Å². The van der Waals surface area contributed by atoms with Crippen LogP contribution in [0.15, 0.2) is 48.7 Å². The van der Waals surface area contributed by atoms with Crippen LogP contribution in [0.2, 0.25) is 10.0 Å². The molecule has 1 aliphatic rings. The summed E-state index contributed by atoms with van der Waals surface area (Å²) in [5.74, 6) is 0. The number of aromatic nitrogens is 1. The first kappa shape index (κ1) is 21.7. The van der Waals surface area contributed by atoms with E-state index in [9.17, 15) is 4.79 Å². The average molecular weight is 477 g/mol. The zero-order chi connectivity index (χ0) is 21.8. The van der Waals surface area contributed by atoms with Crippen molar-refractivity contribution in [2.75, 3.05) is 24.1 Å². The van der Waals surface area contributed by atoms with Gasteiger partial charge in [0.25, 0.3) is 0 Å². The van der Waals surface area contributed by atoms with Gasteiger partial charge in [-0.15, -0.1) is 0 Å². The lowest BCUT2D eigenvalue weighted by Gasteiger charge is -2.32. The summed E-state index contributed by atoms with van der Waals surface area (Å²) in [6.45, 7) is 1.42. The zero-order valence-electron chi connectivity index (χ0n) is 16.7. The van der Waals surface area contributed by atoms with Crippen molar-refractivity contribution in [3.8, 4) is 10.4 Å². The van der Waals surface area contributed by atoms with Crippen molar-refractivity contribution < 1.29 is 9.53 Å². The second-order valence-corrected chi connectivity index (χ2v) is 9.32. The number of ether oxygens (including phenoxy) is 1. The van der Waals surface area contributed by atoms with Gasteiger partial charge < -0.3 is 20.7 Å². The quantitative estimate of drug-likeness (QED) is 0.478. The highest BCUT2D eigenvalue weighted by Gasteiger charge is 2.24. The second-order valence-electron chi connectivity index (χ2n) is 7.38. The second kappa shape index (κ2) is 9.77. The normalized spacial score (nSPS) is 14.5. The summed E-state index contributed by atoms with van der Waals surface area (Å²) in [6.07, 6.45) is 3.16. The first-order valence-corrected chi connectivity index (χ1v) is 11.5. The Morgan fingerprint density at radius 2 is 1.94 bits per heavy atom. The molecule has 9 heteroatoms. The largest absolute Gasteiger partial charge is 0.445 e. The van der Waals surface area contributed by atoms with Gasteiger partial charge in [0.05, 0.1) is 4.88 Å². The lowest BCUT2D eigenvalue weighted by Crippen LogP contribution is -2.42. The SMILES string of the molecule is Nc1ncc(-c2cccc(NC3CCN(C(=O)OCc4cc(Cl)cc(Cl)c4)CC3)c2)s1. The molecule has 2 aromatic carbocycles. The highest BCUT2D eigenvalue weighted by atomic mass is 35.5. The third kappa shape index (κ3) is 5.81. The molecule has 1 aromatic heterocycles. The molecule has 0 atom stereocenters. The summed E-state index contributed by atoms with van der Waals surface area (Å²) in [6, 6.07) is 13.6. The van der Waals surface area contributed by atoms with Crippen LogP contribution >= 0.6 is 34.5 Å². The molecule has 1 fully saturated rings. The molecular formula is C22H22Cl2N4O2S. The molecule has 4 rings (SSSR count). The summed E-state index contributed by atoms with van der Waals surface area (Å²) < 4.78 is 5.43. The molecule has 3 N–H and O–H groups in total. The van der Waals surface area contributed by atoms with Crippen molar-refractivity contribution in [1.82, 2.24) is 9.88 Å². The number of likely N-dealkylation sites (tertiary alicyclic amines) is 1. The van der Waals surface area contributed by atoms with E-state index < -0.39 is 0 Å². The smallest absolute Gasteiger partial charge is 0.410 e. The molecule has 0 radical (unpaired) electrons. The van der Waals surface area contributed by atoms with E-state index in [1.165, 1.54) is 11.3 Å². The van der Waals surface area contributed by atoms with Crippen LogP contribution in [0.5, 0.6) is 0 Å². The van der Waals surface area contributed by atoms with Crippen molar-refractivity contribution in [1.29, 1.82) is 0 Å². The summed E-state index contributed by atoms with van der Waals surface area (Å²) in [4.78, 5) is 19.3. The number of hydrogen-bond acceptors (Lipinski definition) is 6. The topological polar surface area (TPSA) is 80.5 Å². The average Bonchev–Trinajstić information content (AvgIpc) is 3.18. The Labute approximate surface area is 194 Å². The minimum atomic E-state index is -0.320. The van der Waals surface area contributed by atoms with Crippen molar-refractivity contribution in [2.24, 2.45) is 0 Å². The molecule has 1 amide bonds. The molecule has 1 aliphatic heterocycles. The Balaban J connectivity index is 1.27. The number of benzene rings is 2. The summed E-state index contributed by atoms with van der Waals surface area (Å²) in [5, 5.41) is 5.18. The predicted octanol–water partition coefficient (Wildman–Crippen LogP) is 5.91. The van der Waals surface area contributed by atoms with E-state index in [1.54, 1.807) is 29.3 Å². The van der Waals surface area contributed by atoms with Gasteiger partial charge in [0.2, 0.25) is 0 Å². The van der Waals surface area contributed by atoms with Crippen molar-refractivity contribution in [2.45, 2.75) is 25.5 Å². The van der Waals surface area contributed by atoms with Crippen LogP contribution in [0.1, 0.15) is 18.4 Å². The molecule has 0 unspecified atom stereocenters. The Morgan fingerprint density at radius 3 is 2.61 bits per heavy atom. The Kier molecular flexibility index (Phi) is 6.85. The van der Waals surface area contributed by atoms with Crippen LogP contribution in [0.3, 0.4) is 0 Å². The lowest BCUT2D eigenvalue weighted by molar-refractivity contribution is 0.0882. The van der Waals surface area contributed by atoms with Gasteiger partial charge in [-0.2, -0.15) is 0 Å². The first-order valence-electron chi connectivity index (χ1n) is 9.91. The van der Waals surface area contributed by atoms with Crippen molar-refractivity contribution in [3.63, 3.8) is 0 Å². The number of anilines is 2. The molecular weight excluding hydrogens is 455 g/mol. The van der Waals surface area contributed by atoms with Gasteiger partial charge in [-0.1, -0.05) is 46.7 Å². The fourth-order valence-corrected chi connectivity index (χ4v) is 4.81. The first-order chi connectivity index (χ1) is 15.0. The van der Waals surface area contributed by atoms with Crippen LogP contribution < -0.4 is 11.1 Å². The van der Waals surface area contributed by atoms with Crippen molar-refractivity contribution in [3.05, 3.63) is 64.3 Å². The Bertz CT molecular complexity index is 1050. The molecule has 0 saturated carbocycles. The number of amides is 1. The minimum Gasteiger partial charge on any atom is -0.445 e. The third-order valence-corrected chi connectivity index (χ3v) is 6.39. The van der Waals surface area contributed by atoms with E-state index in [-0.39, 0.29) is 18.7 Å². The minimum absolute atomic E-state index is 0.145. The molecule has 0 spiro atoms. The standard InChI is InChI=1S/C22H22Cl2N4O2S/c23-16-8-14(9-17(24)11-16)13-30-22(29)28-6-4-18(5-7-28)27-19-3-1-2-15(10-19)20-12-26-21(25)31-20/h1-3,8-12,18,27H,4-7,13H2,(H2,25,26). The maximum absolute atomic E-state index is 12.4. The molecule has 2 heterocycles. The summed E-state index contributed by atoms with van der Waals surface area (Å²) in [7, 11) is 0. The van der Waals surface area contributed by atoms with Crippen LogP contribution in [-0.4, -0.2) is 35.1 Å². The number of nitrogens with two attached hydrogens (primary N) is 1. The highest BCUT2D eigenvalue weighted by Crippen LogP contribution is 2.29. The van der Waals surface area contributed by atoms with Crippen LogP contribution in [0.4, 0.5) is 15.6 Å². The molecule has 162 valence electrons. The van der Waals surface area contributed by atoms with Gasteiger partial charge in [0, 0.05) is 41.1 Å². The number of rotatable bonds is 5. The van der Waals surface area contributed by atoms with Crippen molar-refractivity contribution >= 4 is 51.5 Å². The summed E-state index contributed by atoms with van der Waals surface area (Å²) >= 11 is 13.5. The summed E-state index contributed by atoms with van der Waals surface area (Å²) in [5.41, 5.74) is 8.64. The predicted molar refractivity (Wildman–Crippen MR) is 127 cm³/mol. The van der Waals surface area contributed by atoms with E-state index in [2.05, 4.69) is 16.4 Å². The lowest BCUT2D eigenvalue weighted by atomic mass is 10.0. The van der Waals surface area contributed by atoms with E-state index in [0.29, 0.717) is 28.3 Å². The van der Waals surface area contributed by atoms with Gasteiger partial charge in [0.1, 0.15) is 6.61 Å². The Hall–Kier alpha value is -2.48. The number of halogens is 2. The van der Waals surface area contributed by atoms with E-state index in [4.69, 9.17) is 33.7 Å². The van der Waals surface area contributed by atoms with Gasteiger partial charge in [-0.05, 0) is 54.3 Å². The molecule has 1 saturated heterocycles. The third-order valence-electron chi connectivity index (χ3n) is 5.08. The molecule has 31 heavy (non-hydrogen) atoms. The van der Waals surface area contributed by atoms with Gasteiger partial charge >= 0.3 is 6.09 Å². The maximum atomic E-state index is 12.4. The number of nitrogens with one attached hydrogen (secondary N) is 1. The fraction of sp³-hybridized carbons (Fsp3) is 0.273. The van der Waals surface area contributed by atoms with Crippen LogP contribution in [0.25, 0.3) is 10.4 Å². The number of hydrogen-bond donors (Lipinski definition) is 2. The van der Waals surface area contributed by atoms with Crippen LogP contribution in [0, 0.1) is 0 Å². The van der Waals surface area contributed by atoms with Gasteiger partial charge in [-0.25, -0.2) is 9.78 Å². The van der Waals surface area contributed by atoms with E-state index in [1.807, 2.05) is 18.2 Å². The number of carbonyl (C=O) groups is 1. The van der Waals surface area contributed by atoms with E-state index in [0.717, 1.165) is 34.5 Å². The fourth-order valence-electron chi connectivity index (χ4n) is 3.56. The Morgan fingerprint density at radius 1 is 1.19 bits per heavy atom. The maximum Gasteiger partial charge on any atom is 0.410 e. The molecule has 0 bridgehead atoms. The number of carbonyl (C=O) groups excluding carboxylic acids is 1. The number of nitrogens with zero attached hydrogens (tertiary/aromatic N) is 2. The highest BCUT2D eigenvalue weighted by molar-refractivity contribution is 7.18. The number of nitrogen functional groups attached to an aromatic ring is 1. The number of thiazole rings is 1. The van der Waals surface area contributed by atoms with E-state index >= 15 is 0 Å². The number of piperidine rings is 1. The molecule has 0 aliphatic carbocycles. The molecule has 3 aromatic rings. The van der Waals surface area contributed by atoms with Crippen LogP contribution in [-0.2, 0) is 11.3 Å². The monoisotopic (exact) mass is 476 g/mol. The van der Waals surface area contributed by atoms with Gasteiger partial charge in [0.15, 0.2) is 5.13 Å². The molecule has 6 nitrogen and oxygen atoms in total. The zero-order valence-corrected chi connectivity index (χ0v) is 19.0.